The molecule has 0 aliphatic carbocycles. The van der Waals surface area contributed by atoms with Crippen molar-refractivity contribution in [1.82, 2.24) is 10.3 Å². The Hall–Kier alpha value is -0.640. The van der Waals surface area contributed by atoms with Crippen LogP contribution in [0.3, 0.4) is 0 Å². The molecular weight excluding hydrogens is 211 g/mol. The Balaban J connectivity index is 2.95. The van der Waals surface area contributed by atoms with Crippen LogP contribution in [0, 0.1) is 0 Å². The van der Waals surface area contributed by atoms with Gasteiger partial charge in [0.25, 0.3) is 0 Å². The molecule has 1 aromatic heterocycles. The molecule has 0 radical (unpaired) electrons. The van der Waals surface area contributed by atoms with E-state index in [4.69, 9.17) is 23.2 Å². The summed E-state index contributed by atoms with van der Waals surface area (Å²) in [6.45, 7) is 0.239. The minimum Gasteiger partial charge on any atom is -0.313 e. The van der Waals surface area contributed by atoms with Gasteiger partial charge in [-0.15, -0.1) is 0 Å². The maximum absolute atomic E-state index is 11.3. The number of rotatable bonds is 3. The zero-order valence-corrected chi connectivity index (χ0v) is 8.49. The first-order chi connectivity index (χ1) is 6.15. The molecule has 0 aliphatic heterocycles. The quantitative estimate of drug-likeness (QED) is 0.622. The van der Waals surface area contributed by atoms with E-state index < -0.39 is 0 Å². The van der Waals surface area contributed by atoms with Gasteiger partial charge < -0.3 is 5.32 Å². The Morgan fingerprint density at radius 1 is 1.62 bits per heavy atom. The lowest BCUT2D eigenvalue weighted by Crippen LogP contribution is -2.19. The van der Waals surface area contributed by atoms with Crippen LogP contribution >= 0.6 is 23.2 Å². The zero-order valence-electron chi connectivity index (χ0n) is 6.97. The van der Waals surface area contributed by atoms with Gasteiger partial charge in [-0.1, -0.05) is 23.2 Å². The third kappa shape index (κ3) is 2.66. The molecule has 0 amide bonds. The van der Waals surface area contributed by atoms with Crippen LogP contribution in [0.2, 0.25) is 10.2 Å². The number of nitrogens with one attached hydrogen (secondary N) is 1. The molecule has 0 unspecified atom stereocenters. The number of likely N-dealkylation sites (N-methyl/N-ethyl adjacent to an activating group) is 1. The van der Waals surface area contributed by atoms with Crippen molar-refractivity contribution in [2.75, 3.05) is 13.6 Å². The maximum atomic E-state index is 11.3. The number of ketones is 1. The molecule has 1 aromatic rings. The van der Waals surface area contributed by atoms with Gasteiger partial charge in [0.1, 0.15) is 5.15 Å². The van der Waals surface area contributed by atoms with E-state index in [9.17, 15) is 4.79 Å². The van der Waals surface area contributed by atoms with Crippen LogP contribution in [0.25, 0.3) is 0 Å². The van der Waals surface area contributed by atoms with Gasteiger partial charge in [0.05, 0.1) is 17.1 Å². The standard InChI is InChI=1S/C8H8Cl2N2O/c1-11-4-7(13)5-3-12-8(10)2-6(5)9/h2-3,11H,4H2,1H3. The van der Waals surface area contributed by atoms with E-state index >= 15 is 0 Å². The third-order valence-electron chi connectivity index (χ3n) is 1.46. The molecule has 0 bridgehead atoms. The molecular formula is C8H8Cl2N2O. The van der Waals surface area contributed by atoms with E-state index in [2.05, 4.69) is 10.3 Å². The average Bonchev–Trinajstić information content (AvgIpc) is 2.04. The smallest absolute Gasteiger partial charge is 0.179 e. The third-order valence-corrected chi connectivity index (χ3v) is 1.98. The minimum atomic E-state index is -0.100. The SMILES string of the molecule is CNCC(=O)c1cnc(Cl)cc1Cl. The molecule has 1 N–H and O–H groups in total. The molecule has 0 saturated heterocycles. The van der Waals surface area contributed by atoms with Crippen molar-refractivity contribution in [1.29, 1.82) is 0 Å². The van der Waals surface area contributed by atoms with Crippen LogP contribution in [0.15, 0.2) is 12.3 Å². The molecule has 0 fully saturated rings. The van der Waals surface area contributed by atoms with E-state index in [-0.39, 0.29) is 17.5 Å². The predicted molar refractivity (Wildman–Crippen MR) is 52.5 cm³/mol. The molecule has 0 aromatic carbocycles. The lowest BCUT2D eigenvalue weighted by Gasteiger charge is -2.01. The Kier molecular flexibility index (Phi) is 3.66. The molecule has 1 heterocycles. The summed E-state index contributed by atoms with van der Waals surface area (Å²) < 4.78 is 0. The predicted octanol–water partition coefficient (Wildman–Crippen LogP) is 1.79. The fraction of sp³-hybridized carbons (Fsp3) is 0.250. The topological polar surface area (TPSA) is 42.0 Å². The summed E-state index contributed by atoms with van der Waals surface area (Å²) in [4.78, 5) is 15.1. The van der Waals surface area contributed by atoms with Gasteiger partial charge in [-0.05, 0) is 13.1 Å². The van der Waals surface area contributed by atoms with Crippen molar-refractivity contribution in [3.63, 3.8) is 0 Å². The second-order valence-corrected chi connectivity index (χ2v) is 3.23. The summed E-state index contributed by atoms with van der Waals surface area (Å²) in [6, 6.07) is 1.45. The van der Waals surface area contributed by atoms with Crippen LogP contribution in [0.4, 0.5) is 0 Å². The number of halogens is 2. The van der Waals surface area contributed by atoms with E-state index in [1.165, 1.54) is 12.3 Å². The Bertz CT molecular complexity index is 328. The van der Waals surface area contributed by atoms with Crippen LogP contribution in [-0.2, 0) is 0 Å². The fourth-order valence-corrected chi connectivity index (χ4v) is 1.34. The first-order valence-electron chi connectivity index (χ1n) is 3.64. The number of nitrogens with zero attached hydrogens (tertiary/aromatic N) is 1. The van der Waals surface area contributed by atoms with Crippen LogP contribution in [0.5, 0.6) is 0 Å². The van der Waals surface area contributed by atoms with Crippen molar-refractivity contribution in [3.8, 4) is 0 Å². The minimum absolute atomic E-state index is 0.100. The van der Waals surface area contributed by atoms with Gasteiger partial charge in [-0.3, -0.25) is 4.79 Å². The summed E-state index contributed by atoms with van der Waals surface area (Å²) in [7, 11) is 1.69. The number of aromatic nitrogens is 1. The summed E-state index contributed by atoms with van der Waals surface area (Å²) in [5.74, 6) is -0.100. The molecule has 0 spiro atoms. The number of carbonyl (C=O) groups is 1. The Labute approximate surface area is 86.1 Å². The van der Waals surface area contributed by atoms with Crippen LogP contribution < -0.4 is 5.32 Å². The van der Waals surface area contributed by atoms with Crippen LogP contribution in [-0.4, -0.2) is 24.4 Å². The highest BCUT2D eigenvalue weighted by Gasteiger charge is 2.09. The van der Waals surface area contributed by atoms with Gasteiger partial charge in [0, 0.05) is 6.20 Å². The van der Waals surface area contributed by atoms with Crippen molar-refractivity contribution >= 4 is 29.0 Å². The van der Waals surface area contributed by atoms with Gasteiger partial charge in [0.15, 0.2) is 5.78 Å². The molecule has 0 aliphatic rings. The highest BCUT2D eigenvalue weighted by atomic mass is 35.5. The molecule has 3 nitrogen and oxygen atoms in total. The Morgan fingerprint density at radius 3 is 2.85 bits per heavy atom. The molecule has 13 heavy (non-hydrogen) atoms. The zero-order chi connectivity index (χ0) is 9.84. The lowest BCUT2D eigenvalue weighted by molar-refractivity contribution is 0.0993. The highest BCUT2D eigenvalue weighted by Crippen LogP contribution is 2.18. The van der Waals surface area contributed by atoms with E-state index in [1.807, 2.05) is 0 Å². The van der Waals surface area contributed by atoms with E-state index in [1.54, 1.807) is 7.05 Å². The van der Waals surface area contributed by atoms with Crippen molar-refractivity contribution in [2.24, 2.45) is 0 Å². The summed E-state index contributed by atoms with van der Waals surface area (Å²) in [5, 5.41) is 3.36. The second-order valence-electron chi connectivity index (χ2n) is 2.44. The first-order valence-corrected chi connectivity index (χ1v) is 4.39. The fourth-order valence-electron chi connectivity index (χ4n) is 0.868. The highest BCUT2D eigenvalue weighted by molar-refractivity contribution is 6.36. The average molecular weight is 219 g/mol. The van der Waals surface area contributed by atoms with E-state index in [0.717, 1.165) is 0 Å². The van der Waals surface area contributed by atoms with Crippen LogP contribution in [0.1, 0.15) is 10.4 Å². The normalized spacial score (nSPS) is 10.1. The number of hydrogen-bond acceptors (Lipinski definition) is 3. The molecule has 5 heteroatoms. The van der Waals surface area contributed by atoms with Gasteiger partial charge in [0.2, 0.25) is 0 Å². The first kappa shape index (κ1) is 10.4. The van der Waals surface area contributed by atoms with Gasteiger partial charge in [-0.2, -0.15) is 0 Å². The van der Waals surface area contributed by atoms with Gasteiger partial charge in [-0.25, -0.2) is 4.98 Å². The lowest BCUT2D eigenvalue weighted by atomic mass is 10.2. The second kappa shape index (κ2) is 4.56. The molecule has 0 saturated carbocycles. The number of Topliss-reactive ketones (excluding diaryl/α,β-unsaturated/α-hetero) is 1. The van der Waals surface area contributed by atoms with Gasteiger partial charge >= 0.3 is 0 Å². The molecule has 70 valence electrons. The van der Waals surface area contributed by atoms with Crippen molar-refractivity contribution in [3.05, 3.63) is 28.0 Å². The summed E-state index contributed by atoms with van der Waals surface area (Å²) in [5.41, 5.74) is 0.389. The molecule has 0 atom stereocenters. The number of pyridine rings is 1. The van der Waals surface area contributed by atoms with E-state index in [0.29, 0.717) is 10.6 Å². The number of hydrogen-bond donors (Lipinski definition) is 1. The van der Waals surface area contributed by atoms with Crippen molar-refractivity contribution < 1.29 is 4.79 Å². The largest absolute Gasteiger partial charge is 0.313 e. The Morgan fingerprint density at radius 2 is 2.31 bits per heavy atom. The maximum Gasteiger partial charge on any atom is 0.179 e. The monoisotopic (exact) mass is 218 g/mol. The molecule has 1 rings (SSSR count). The number of carbonyl (C=O) groups excluding carboxylic acids is 1. The van der Waals surface area contributed by atoms with Crippen molar-refractivity contribution in [2.45, 2.75) is 0 Å². The summed E-state index contributed by atoms with van der Waals surface area (Å²) in [6.07, 6.45) is 1.38. The summed E-state index contributed by atoms with van der Waals surface area (Å²) >= 11 is 11.4.